The lowest BCUT2D eigenvalue weighted by Gasteiger charge is -2.59. The largest absolute Gasteiger partial charge is 0.464 e. The van der Waals surface area contributed by atoms with Gasteiger partial charge in [0.2, 0.25) is 0 Å². The minimum absolute atomic E-state index is 0.101. The predicted octanol–water partition coefficient (Wildman–Crippen LogP) is 3.29. The fraction of sp³-hybridized carbons (Fsp3) is 0.571. The Balaban J connectivity index is 1.75. The average Bonchev–Trinajstić information content (AvgIpc) is 3.01. The zero-order valence-electron chi connectivity index (χ0n) is 15.1. The number of methoxy groups -OCH3 is 1. The minimum Gasteiger partial charge on any atom is -0.464 e. The molecule has 0 aromatic heterocycles. The van der Waals surface area contributed by atoms with E-state index in [0.717, 1.165) is 12.1 Å². The van der Waals surface area contributed by atoms with E-state index in [1.807, 2.05) is 0 Å². The van der Waals surface area contributed by atoms with Crippen LogP contribution in [0.5, 0.6) is 0 Å². The highest BCUT2D eigenvalue weighted by Gasteiger charge is 2.59. The first-order chi connectivity index (χ1) is 12.2. The SMILES string of the molecule is CC[C@@]12C=C(C(=O)OC)N3c4ccccc4C4CCN(CCC1)C2[C@H]43. The number of esters is 1. The van der Waals surface area contributed by atoms with Crippen molar-refractivity contribution in [2.75, 3.05) is 25.1 Å². The van der Waals surface area contributed by atoms with Gasteiger partial charge < -0.3 is 9.64 Å². The Kier molecular flexibility index (Phi) is 3.30. The van der Waals surface area contributed by atoms with Crippen LogP contribution in [0.1, 0.15) is 44.1 Å². The molecule has 0 bridgehead atoms. The quantitative estimate of drug-likeness (QED) is 0.775. The van der Waals surface area contributed by atoms with Crippen LogP contribution in [-0.4, -0.2) is 43.2 Å². The number of hydrogen-bond donors (Lipinski definition) is 0. The van der Waals surface area contributed by atoms with E-state index in [-0.39, 0.29) is 11.4 Å². The molecular weight excluding hydrogens is 312 g/mol. The molecule has 4 heterocycles. The maximum absolute atomic E-state index is 12.7. The van der Waals surface area contributed by atoms with Crippen molar-refractivity contribution in [1.29, 1.82) is 0 Å². The number of anilines is 1. The van der Waals surface area contributed by atoms with Gasteiger partial charge in [0.25, 0.3) is 0 Å². The molecule has 132 valence electrons. The molecule has 0 radical (unpaired) electrons. The fourth-order valence-corrected chi connectivity index (χ4v) is 6.15. The first-order valence-corrected chi connectivity index (χ1v) is 9.63. The number of rotatable bonds is 2. The summed E-state index contributed by atoms with van der Waals surface area (Å²) in [7, 11) is 1.50. The number of benzene rings is 1. The highest BCUT2D eigenvalue weighted by Crippen LogP contribution is 2.58. The van der Waals surface area contributed by atoms with Crippen LogP contribution in [0.2, 0.25) is 0 Å². The van der Waals surface area contributed by atoms with Gasteiger partial charge in [-0.2, -0.15) is 0 Å². The molecular formula is C21H26N2O2. The molecule has 0 amide bonds. The van der Waals surface area contributed by atoms with Crippen LogP contribution in [0.15, 0.2) is 36.0 Å². The lowest BCUT2D eigenvalue weighted by Crippen LogP contribution is -2.67. The number of fused-ring (bicyclic) bond motifs is 3. The highest BCUT2D eigenvalue weighted by molar-refractivity contribution is 5.95. The molecule has 1 aromatic carbocycles. The van der Waals surface area contributed by atoms with E-state index in [1.165, 1.54) is 50.7 Å². The molecule has 4 nitrogen and oxygen atoms in total. The van der Waals surface area contributed by atoms with Gasteiger partial charge in [-0.1, -0.05) is 25.1 Å². The Bertz CT molecular complexity index is 758. The third-order valence-corrected chi connectivity index (χ3v) is 7.16. The molecule has 0 N–H and O–H groups in total. The van der Waals surface area contributed by atoms with E-state index in [4.69, 9.17) is 4.74 Å². The van der Waals surface area contributed by atoms with Gasteiger partial charge in [0.05, 0.1) is 13.2 Å². The summed E-state index contributed by atoms with van der Waals surface area (Å²) >= 11 is 0. The highest BCUT2D eigenvalue weighted by atomic mass is 16.5. The minimum atomic E-state index is -0.190. The van der Waals surface area contributed by atoms with Crippen LogP contribution in [0, 0.1) is 5.41 Å². The van der Waals surface area contributed by atoms with Gasteiger partial charge in [0, 0.05) is 23.1 Å². The lowest BCUT2D eigenvalue weighted by molar-refractivity contribution is -0.136. The van der Waals surface area contributed by atoms with Crippen LogP contribution < -0.4 is 4.90 Å². The summed E-state index contributed by atoms with van der Waals surface area (Å²) in [5.41, 5.74) is 3.50. The Morgan fingerprint density at radius 3 is 2.96 bits per heavy atom. The first kappa shape index (κ1) is 15.4. The molecule has 4 atom stereocenters. The number of hydrogen-bond acceptors (Lipinski definition) is 4. The molecule has 1 aromatic rings. The standard InChI is InChI=1S/C21H26N2O2/c1-3-21-10-6-11-22-12-9-15-14-7-4-5-8-16(14)23(18(15)19(21)22)17(13-21)20(24)25-2/h4-5,7-8,13,15,18-19H,3,6,9-12H2,1-2H3/t15?,18-,19?,21-/m0/s1. The molecule has 2 fully saturated rings. The van der Waals surface area contributed by atoms with Crippen molar-refractivity contribution in [1.82, 2.24) is 4.90 Å². The molecule has 4 aliphatic rings. The zero-order chi connectivity index (χ0) is 17.2. The van der Waals surface area contributed by atoms with Crippen molar-refractivity contribution in [3.05, 3.63) is 41.6 Å². The van der Waals surface area contributed by atoms with E-state index >= 15 is 0 Å². The number of piperidine rings is 2. The maximum Gasteiger partial charge on any atom is 0.354 e. The van der Waals surface area contributed by atoms with Crippen LogP contribution in [0.25, 0.3) is 0 Å². The number of carbonyl (C=O) groups is 1. The molecule has 4 aliphatic heterocycles. The third kappa shape index (κ3) is 1.89. The molecule has 0 saturated carbocycles. The second kappa shape index (κ2) is 5.34. The fourth-order valence-electron chi connectivity index (χ4n) is 6.15. The summed E-state index contributed by atoms with van der Waals surface area (Å²) < 4.78 is 5.20. The van der Waals surface area contributed by atoms with Crippen LogP contribution >= 0.6 is 0 Å². The number of para-hydroxylation sites is 1. The van der Waals surface area contributed by atoms with Gasteiger partial charge >= 0.3 is 5.97 Å². The molecule has 25 heavy (non-hydrogen) atoms. The molecule has 2 unspecified atom stereocenters. The van der Waals surface area contributed by atoms with E-state index in [1.54, 1.807) is 0 Å². The smallest absolute Gasteiger partial charge is 0.354 e. The summed E-state index contributed by atoms with van der Waals surface area (Å²) in [6.07, 6.45) is 6.94. The Labute approximate surface area is 149 Å². The summed E-state index contributed by atoms with van der Waals surface area (Å²) in [5.74, 6) is 0.333. The summed E-state index contributed by atoms with van der Waals surface area (Å²) in [6, 6.07) is 9.54. The number of ether oxygens (including phenoxy) is 1. The summed E-state index contributed by atoms with van der Waals surface area (Å²) in [4.78, 5) is 17.7. The van der Waals surface area contributed by atoms with Crippen LogP contribution in [-0.2, 0) is 9.53 Å². The van der Waals surface area contributed by atoms with E-state index in [9.17, 15) is 4.79 Å². The maximum atomic E-state index is 12.7. The predicted molar refractivity (Wildman–Crippen MR) is 97.5 cm³/mol. The number of carbonyl (C=O) groups excluding carboxylic acids is 1. The third-order valence-electron chi connectivity index (χ3n) is 7.16. The van der Waals surface area contributed by atoms with Gasteiger partial charge in [0.1, 0.15) is 5.70 Å². The second-order valence-electron chi connectivity index (χ2n) is 8.01. The zero-order valence-corrected chi connectivity index (χ0v) is 15.1. The van der Waals surface area contributed by atoms with Crippen LogP contribution in [0.4, 0.5) is 5.69 Å². The van der Waals surface area contributed by atoms with Crippen molar-refractivity contribution < 1.29 is 9.53 Å². The van der Waals surface area contributed by atoms with Gasteiger partial charge in [-0.3, -0.25) is 4.90 Å². The van der Waals surface area contributed by atoms with Crippen LogP contribution in [0.3, 0.4) is 0 Å². The van der Waals surface area contributed by atoms with Crippen molar-refractivity contribution in [3.63, 3.8) is 0 Å². The molecule has 5 rings (SSSR count). The average molecular weight is 338 g/mol. The van der Waals surface area contributed by atoms with Gasteiger partial charge in [0.15, 0.2) is 0 Å². The van der Waals surface area contributed by atoms with Crippen molar-refractivity contribution in [2.45, 2.75) is 50.6 Å². The lowest BCUT2D eigenvalue weighted by atomic mass is 9.62. The van der Waals surface area contributed by atoms with Crippen molar-refractivity contribution >= 4 is 11.7 Å². The van der Waals surface area contributed by atoms with E-state index < -0.39 is 0 Å². The summed E-state index contributed by atoms with van der Waals surface area (Å²) in [5, 5.41) is 0. The van der Waals surface area contributed by atoms with E-state index in [2.05, 4.69) is 47.1 Å². The Morgan fingerprint density at radius 2 is 2.16 bits per heavy atom. The normalized spacial score (nSPS) is 35.7. The second-order valence-corrected chi connectivity index (χ2v) is 8.01. The van der Waals surface area contributed by atoms with Gasteiger partial charge in [-0.25, -0.2) is 4.79 Å². The Hall–Kier alpha value is -1.81. The monoisotopic (exact) mass is 338 g/mol. The molecule has 0 aliphatic carbocycles. The summed E-state index contributed by atoms with van der Waals surface area (Å²) in [6.45, 7) is 4.66. The molecule has 2 saturated heterocycles. The topological polar surface area (TPSA) is 32.8 Å². The number of nitrogens with zero attached hydrogens (tertiary/aromatic N) is 2. The molecule has 0 spiro atoms. The first-order valence-electron chi connectivity index (χ1n) is 9.63. The van der Waals surface area contributed by atoms with Crippen molar-refractivity contribution in [2.24, 2.45) is 5.41 Å². The van der Waals surface area contributed by atoms with E-state index in [0.29, 0.717) is 18.0 Å². The van der Waals surface area contributed by atoms with Crippen molar-refractivity contribution in [3.8, 4) is 0 Å². The van der Waals surface area contributed by atoms with Gasteiger partial charge in [-0.05, 0) is 56.5 Å². The van der Waals surface area contributed by atoms with Gasteiger partial charge in [-0.15, -0.1) is 0 Å². The molecule has 4 heteroatoms. The Morgan fingerprint density at radius 1 is 1.32 bits per heavy atom.